The summed E-state index contributed by atoms with van der Waals surface area (Å²) in [5.74, 6) is 0.865. The maximum Gasteiger partial charge on any atom is 0.179 e. The third-order valence-corrected chi connectivity index (χ3v) is 16.0. The summed E-state index contributed by atoms with van der Waals surface area (Å²) in [6, 6.07) is 66.9. The first-order valence-corrected chi connectivity index (χ1v) is 20.7. The Morgan fingerprint density at radius 2 is 1.20 bits per heavy atom. The number of aromatic nitrogens is 2. The first-order valence-electron chi connectivity index (χ1n) is 20.2. The number of benzene rings is 7. The van der Waals surface area contributed by atoms with Gasteiger partial charge in [0.25, 0.3) is 0 Å². The first kappa shape index (κ1) is 29.7. The van der Waals surface area contributed by atoms with E-state index in [9.17, 15) is 0 Å². The average molecular weight is 728 g/mol. The van der Waals surface area contributed by atoms with E-state index < -0.39 is 15.0 Å². The van der Waals surface area contributed by atoms with Crippen molar-refractivity contribution in [3.05, 3.63) is 200 Å². The molecule has 264 valence electrons. The number of hydrogen-bond donors (Lipinski definition) is 0. The minimum atomic E-state index is -3.07. The Kier molecular flexibility index (Phi) is 7.19. The van der Waals surface area contributed by atoms with Gasteiger partial charge in [0, 0.05) is 33.7 Å². The smallest absolute Gasteiger partial charge is 0.179 e. The van der Waals surface area contributed by atoms with Crippen LogP contribution < -0.4 is 30.5 Å². The van der Waals surface area contributed by atoms with Crippen molar-refractivity contribution in [2.24, 2.45) is 0 Å². The molecule has 0 spiro atoms. The molecular formula is C50H40N4Si. The molecule has 0 saturated carbocycles. The second-order valence-corrected chi connectivity index (χ2v) is 18.1. The lowest BCUT2D eigenvalue weighted by molar-refractivity contribution is 0.950. The van der Waals surface area contributed by atoms with Crippen molar-refractivity contribution in [1.82, 2.24) is 9.55 Å². The molecule has 1 aliphatic rings. The zero-order valence-electron chi connectivity index (χ0n) is 33.5. The zero-order chi connectivity index (χ0) is 39.4. The number of aryl methyl sites for hydroxylation is 1. The van der Waals surface area contributed by atoms with Gasteiger partial charge in [-0.25, -0.2) is 4.98 Å². The SMILES string of the molecule is [2H]C([2H])([2H])N1CN(c2cccc([Si](c3ccccc3)(c3ccccc3)c3ccc4c5ccccc5n(-c5cc(-c6ccccc6C)ccn5)c4c3)c2)c2ccccc21. The molecule has 5 heteroatoms. The molecule has 0 aliphatic carbocycles. The number of pyridine rings is 1. The van der Waals surface area contributed by atoms with Crippen LogP contribution in [0.2, 0.25) is 0 Å². The van der Waals surface area contributed by atoms with E-state index in [4.69, 9.17) is 9.10 Å². The second-order valence-electron chi connectivity index (χ2n) is 14.3. The molecule has 0 amide bonds. The van der Waals surface area contributed by atoms with Crippen LogP contribution in [0.25, 0.3) is 38.8 Å². The average Bonchev–Trinajstić information content (AvgIpc) is 3.82. The normalized spacial score (nSPS) is 13.8. The van der Waals surface area contributed by atoms with Gasteiger partial charge in [0.1, 0.15) is 5.82 Å². The summed E-state index contributed by atoms with van der Waals surface area (Å²) in [5.41, 5.74) is 8.27. The van der Waals surface area contributed by atoms with Crippen LogP contribution in [0, 0.1) is 6.92 Å². The van der Waals surface area contributed by atoms with E-state index in [1.165, 1.54) is 47.5 Å². The second kappa shape index (κ2) is 13.3. The van der Waals surface area contributed by atoms with E-state index in [1.807, 2.05) is 30.5 Å². The standard InChI is InChI=1S/C50H40N4Si/c1-36-16-9-10-23-43(36)37-30-31-51-50(32-37)54-46-25-12-11-24-44(46)45-29-28-42(34-49(45)54)55(39-18-5-3-6-19-39,40-20-7-4-8-21-40)41-22-15-17-38(33-41)53-35-52(2)47-26-13-14-27-48(47)53/h3-34H,35H2,1-2H3/i2D3. The van der Waals surface area contributed by atoms with Crippen LogP contribution in [0.3, 0.4) is 0 Å². The number of nitrogens with zero attached hydrogens (tertiary/aromatic N) is 4. The summed E-state index contributed by atoms with van der Waals surface area (Å²) < 4.78 is 27.4. The van der Waals surface area contributed by atoms with Gasteiger partial charge in [-0.15, -0.1) is 0 Å². The molecule has 0 unspecified atom stereocenters. The molecule has 2 aromatic heterocycles. The Morgan fingerprint density at radius 1 is 0.545 bits per heavy atom. The van der Waals surface area contributed by atoms with Crippen LogP contribution in [0.5, 0.6) is 0 Å². The van der Waals surface area contributed by atoms with Crippen molar-refractivity contribution in [2.45, 2.75) is 6.92 Å². The number of para-hydroxylation sites is 3. The summed E-state index contributed by atoms with van der Waals surface area (Å²) in [6.07, 6.45) is 1.92. The molecule has 55 heavy (non-hydrogen) atoms. The van der Waals surface area contributed by atoms with Crippen molar-refractivity contribution in [2.75, 3.05) is 23.4 Å². The summed E-state index contributed by atoms with van der Waals surface area (Å²) in [5, 5.41) is 7.29. The molecule has 0 radical (unpaired) electrons. The summed E-state index contributed by atoms with van der Waals surface area (Å²) >= 11 is 0. The number of fused-ring (bicyclic) bond motifs is 4. The highest BCUT2D eigenvalue weighted by Crippen LogP contribution is 2.39. The Morgan fingerprint density at radius 3 is 1.98 bits per heavy atom. The summed E-state index contributed by atoms with van der Waals surface area (Å²) in [4.78, 5) is 8.68. The van der Waals surface area contributed by atoms with Crippen LogP contribution in [-0.2, 0) is 0 Å². The molecule has 0 fully saturated rings. The molecule has 10 rings (SSSR count). The highest BCUT2D eigenvalue weighted by Gasteiger charge is 2.42. The minimum absolute atomic E-state index is 0.227. The van der Waals surface area contributed by atoms with Gasteiger partial charge >= 0.3 is 0 Å². The lowest BCUT2D eigenvalue weighted by Gasteiger charge is -2.35. The van der Waals surface area contributed by atoms with Crippen LogP contribution >= 0.6 is 0 Å². The summed E-state index contributed by atoms with van der Waals surface area (Å²) in [6.45, 7) is 0.100. The molecule has 0 bridgehead atoms. The van der Waals surface area contributed by atoms with E-state index in [0.29, 0.717) is 5.69 Å². The Balaban J connectivity index is 1.24. The van der Waals surface area contributed by atoms with Gasteiger partial charge in [-0.2, -0.15) is 0 Å². The molecule has 0 saturated heterocycles. The van der Waals surface area contributed by atoms with Crippen molar-refractivity contribution in [3.8, 4) is 16.9 Å². The Bertz CT molecular complexity index is 2920. The lowest BCUT2D eigenvalue weighted by atomic mass is 10.0. The third-order valence-electron chi connectivity index (χ3n) is 11.3. The maximum atomic E-state index is 8.37. The van der Waals surface area contributed by atoms with E-state index in [2.05, 4.69) is 180 Å². The fourth-order valence-electron chi connectivity index (χ4n) is 8.77. The van der Waals surface area contributed by atoms with Crippen LogP contribution in [0.1, 0.15) is 9.68 Å². The van der Waals surface area contributed by atoms with E-state index in [-0.39, 0.29) is 6.67 Å². The number of anilines is 3. The topological polar surface area (TPSA) is 24.3 Å². The van der Waals surface area contributed by atoms with E-state index in [0.717, 1.165) is 33.8 Å². The molecule has 3 heterocycles. The minimum Gasteiger partial charge on any atom is -0.355 e. The molecule has 0 atom stereocenters. The van der Waals surface area contributed by atoms with Crippen LogP contribution in [0.15, 0.2) is 194 Å². The quantitative estimate of drug-likeness (QED) is 0.121. The molecule has 7 aromatic carbocycles. The predicted octanol–water partition coefficient (Wildman–Crippen LogP) is 9.08. The van der Waals surface area contributed by atoms with E-state index in [1.54, 1.807) is 0 Å². The van der Waals surface area contributed by atoms with Gasteiger partial charge in [-0.05, 0) is 92.9 Å². The highest BCUT2D eigenvalue weighted by atomic mass is 28.3. The van der Waals surface area contributed by atoms with Crippen LogP contribution in [0.4, 0.5) is 17.1 Å². The zero-order valence-corrected chi connectivity index (χ0v) is 31.5. The van der Waals surface area contributed by atoms with Crippen LogP contribution in [-0.4, -0.2) is 31.3 Å². The highest BCUT2D eigenvalue weighted by molar-refractivity contribution is 7.20. The molecule has 1 aliphatic heterocycles. The van der Waals surface area contributed by atoms with Gasteiger partial charge in [0.15, 0.2) is 8.07 Å². The maximum absolute atomic E-state index is 8.37. The van der Waals surface area contributed by atoms with Crippen molar-refractivity contribution < 1.29 is 4.11 Å². The fourth-order valence-corrected chi connectivity index (χ4v) is 13.6. The molecule has 9 aromatic rings. The molecular weight excluding hydrogens is 685 g/mol. The lowest BCUT2D eigenvalue weighted by Crippen LogP contribution is -2.74. The molecule has 4 nitrogen and oxygen atoms in total. The van der Waals surface area contributed by atoms with Crippen molar-refractivity contribution in [1.29, 1.82) is 0 Å². The Hall–Kier alpha value is -6.69. The van der Waals surface area contributed by atoms with Crippen molar-refractivity contribution >= 4 is 67.7 Å². The van der Waals surface area contributed by atoms with E-state index >= 15 is 0 Å². The monoisotopic (exact) mass is 727 g/mol. The largest absolute Gasteiger partial charge is 0.355 e. The third kappa shape index (κ3) is 5.30. The molecule has 0 N–H and O–H groups in total. The van der Waals surface area contributed by atoms with Crippen molar-refractivity contribution in [3.63, 3.8) is 0 Å². The van der Waals surface area contributed by atoms with Gasteiger partial charge in [-0.1, -0.05) is 140 Å². The first-order chi connectivity index (χ1) is 28.3. The number of rotatable bonds is 7. The summed E-state index contributed by atoms with van der Waals surface area (Å²) in [7, 11) is -3.07. The van der Waals surface area contributed by atoms with Gasteiger partial charge in [0.05, 0.1) is 29.1 Å². The van der Waals surface area contributed by atoms with Gasteiger partial charge < -0.3 is 9.80 Å². The number of hydrogen-bond acceptors (Lipinski definition) is 3. The van der Waals surface area contributed by atoms with Gasteiger partial charge in [-0.3, -0.25) is 4.57 Å². The Labute approximate surface area is 327 Å². The van der Waals surface area contributed by atoms with Gasteiger partial charge in [0.2, 0.25) is 0 Å². The fraction of sp³-hybridized carbons (Fsp3) is 0.0600. The predicted molar refractivity (Wildman–Crippen MR) is 234 cm³/mol.